The van der Waals surface area contributed by atoms with Crippen molar-refractivity contribution in [1.29, 1.82) is 0 Å². The Morgan fingerprint density at radius 2 is 2.10 bits per heavy atom. The Morgan fingerprint density at radius 3 is 2.90 bits per heavy atom. The van der Waals surface area contributed by atoms with Gasteiger partial charge in [0.25, 0.3) is 0 Å². The lowest BCUT2D eigenvalue weighted by molar-refractivity contribution is 0.257. The number of hydrogen-bond donors (Lipinski definition) is 1. The van der Waals surface area contributed by atoms with Gasteiger partial charge in [-0.2, -0.15) is 0 Å². The molecule has 0 radical (unpaired) electrons. The van der Waals surface area contributed by atoms with Gasteiger partial charge in [0.2, 0.25) is 5.89 Å². The zero-order chi connectivity index (χ0) is 14.9. The van der Waals surface area contributed by atoms with Gasteiger partial charge < -0.3 is 9.73 Å². The second kappa shape index (κ2) is 5.78. The zero-order valence-electron chi connectivity index (χ0n) is 13.3. The van der Waals surface area contributed by atoms with Gasteiger partial charge in [-0.25, -0.2) is 4.98 Å². The number of rotatable bonds is 2. The molecular formula is C17H25N3O. The third-order valence-corrected chi connectivity index (χ3v) is 4.09. The van der Waals surface area contributed by atoms with E-state index in [4.69, 9.17) is 4.42 Å². The Bertz CT molecular complexity index is 604. The predicted octanol–water partition coefficient (Wildman–Crippen LogP) is 2.92. The van der Waals surface area contributed by atoms with Gasteiger partial charge in [-0.1, -0.05) is 26.8 Å². The minimum absolute atomic E-state index is 0.143. The average molecular weight is 287 g/mol. The Balaban J connectivity index is 1.80. The maximum atomic E-state index is 5.91. The van der Waals surface area contributed by atoms with E-state index in [1.807, 2.05) is 0 Å². The van der Waals surface area contributed by atoms with Gasteiger partial charge in [-0.15, -0.1) is 0 Å². The Hall–Kier alpha value is -1.39. The van der Waals surface area contributed by atoms with Crippen LogP contribution in [0.25, 0.3) is 11.1 Å². The van der Waals surface area contributed by atoms with Gasteiger partial charge in [0.1, 0.15) is 5.52 Å². The third-order valence-electron chi connectivity index (χ3n) is 4.09. The summed E-state index contributed by atoms with van der Waals surface area (Å²) in [7, 11) is 0. The largest absolute Gasteiger partial charge is 0.439 e. The van der Waals surface area contributed by atoms with E-state index < -0.39 is 0 Å². The molecule has 2 aromatic rings. The SMILES string of the molecule is CC(C)(C)c1ccc2oc(CN3CCCNCC3)nc2c1. The molecule has 2 heterocycles. The lowest BCUT2D eigenvalue weighted by Gasteiger charge is -2.18. The first-order valence-electron chi connectivity index (χ1n) is 7.85. The van der Waals surface area contributed by atoms with Crippen molar-refractivity contribution in [2.24, 2.45) is 0 Å². The molecular weight excluding hydrogens is 262 g/mol. The average Bonchev–Trinajstić information content (AvgIpc) is 2.63. The molecule has 4 heteroatoms. The Labute approximate surface area is 126 Å². The maximum absolute atomic E-state index is 5.91. The molecule has 1 N–H and O–H groups in total. The van der Waals surface area contributed by atoms with Crippen LogP contribution in [-0.4, -0.2) is 36.1 Å². The molecule has 1 saturated heterocycles. The molecule has 1 aliphatic rings. The van der Waals surface area contributed by atoms with E-state index in [0.717, 1.165) is 49.7 Å². The molecule has 1 aromatic heterocycles. The molecule has 0 spiro atoms. The highest BCUT2D eigenvalue weighted by atomic mass is 16.3. The summed E-state index contributed by atoms with van der Waals surface area (Å²) in [5, 5.41) is 3.42. The van der Waals surface area contributed by atoms with E-state index in [-0.39, 0.29) is 5.41 Å². The summed E-state index contributed by atoms with van der Waals surface area (Å²) in [5.41, 5.74) is 3.31. The first-order valence-corrected chi connectivity index (χ1v) is 7.85. The van der Waals surface area contributed by atoms with Crippen LogP contribution in [0, 0.1) is 0 Å². The number of fused-ring (bicyclic) bond motifs is 1. The molecule has 4 nitrogen and oxygen atoms in total. The van der Waals surface area contributed by atoms with Crippen LogP contribution in [0.2, 0.25) is 0 Å². The molecule has 0 amide bonds. The number of nitrogens with one attached hydrogen (secondary N) is 1. The molecule has 0 unspecified atom stereocenters. The van der Waals surface area contributed by atoms with E-state index in [9.17, 15) is 0 Å². The van der Waals surface area contributed by atoms with Crippen molar-refractivity contribution < 1.29 is 4.42 Å². The summed E-state index contributed by atoms with van der Waals surface area (Å²) in [6.45, 7) is 11.8. The van der Waals surface area contributed by atoms with Crippen LogP contribution in [-0.2, 0) is 12.0 Å². The summed E-state index contributed by atoms with van der Waals surface area (Å²) in [6.07, 6.45) is 1.19. The molecule has 0 bridgehead atoms. The van der Waals surface area contributed by atoms with Crippen molar-refractivity contribution in [3.05, 3.63) is 29.7 Å². The molecule has 0 saturated carbocycles. The number of nitrogens with zero attached hydrogens (tertiary/aromatic N) is 2. The molecule has 21 heavy (non-hydrogen) atoms. The minimum Gasteiger partial charge on any atom is -0.439 e. The second-order valence-electron chi connectivity index (χ2n) is 6.92. The van der Waals surface area contributed by atoms with Gasteiger partial charge in [-0.05, 0) is 42.6 Å². The Morgan fingerprint density at radius 1 is 1.24 bits per heavy atom. The fourth-order valence-corrected chi connectivity index (χ4v) is 2.76. The van der Waals surface area contributed by atoms with Crippen molar-refractivity contribution in [2.45, 2.75) is 39.2 Å². The summed E-state index contributed by atoms with van der Waals surface area (Å²) in [4.78, 5) is 7.09. The van der Waals surface area contributed by atoms with E-state index in [1.165, 1.54) is 12.0 Å². The van der Waals surface area contributed by atoms with E-state index in [2.05, 4.69) is 54.2 Å². The van der Waals surface area contributed by atoms with Crippen LogP contribution >= 0.6 is 0 Å². The first-order chi connectivity index (χ1) is 10.0. The number of hydrogen-bond acceptors (Lipinski definition) is 4. The first kappa shape index (κ1) is 14.5. The predicted molar refractivity (Wildman–Crippen MR) is 85.5 cm³/mol. The second-order valence-corrected chi connectivity index (χ2v) is 6.92. The monoisotopic (exact) mass is 287 g/mol. The van der Waals surface area contributed by atoms with Gasteiger partial charge in [-0.3, -0.25) is 4.90 Å². The van der Waals surface area contributed by atoms with Crippen LogP contribution in [0.1, 0.15) is 38.6 Å². The van der Waals surface area contributed by atoms with Crippen molar-refractivity contribution in [2.75, 3.05) is 26.2 Å². The van der Waals surface area contributed by atoms with Gasteiger partial charge in [0.15, 0.2) is 5.58 Å². The molecule has 3 rings (SSSR count). The quantitative estimate of drug-likeness (QED) is 0.922. The van der Waals surface area contributed by atoms with Crippen molar-refractivity contribution in [3.8, 4) is 0 Å². The van der Waals surface area contributed by atoms with Crippen molar-refractivity contribution >= 4 is 11.1 Å². The molecule has 1 aromatic carbocycles. The van der Waals surface area contributed by atoms with Crippen LogP contribution in [0.3, 0.4) is 0 Å². The number of oxazole rings is 1. The Kier molecular flexibility index (Phi) is 4.00. The fraction of sp³-hybridized carbons (Fsp3) is 0.588. The molecule has 1 fully saturated rings. The summed E-state index contributed by atoms with van der Waals surface area (Å²) < 4.78 is 5.91. The normalized spacial score (nSPS) is 18.0. The molecule has 0 atom stereocenters. The third kappa shape index (κ3) is 3.44. The standard InChI is InChI=1S/C17H25N3O/c1-17(2,3)13-5-6-15-14(11-13)19-16(21-15)12-20-9-4-7-18-8-10-20/h5-6,11,18H,4,7-10,12H2,1-3H3. The maximum Gasteiger partial charge on any atom is 0.209 e. The smallest absolute Gasteiger partial charge is 0.209 e. The highest BCUT2D eigenvalue weighted by molar-refractivity contribution is 5.73. The van der Waals surface area contributed by atoms with E-state index >= 15 is 0 Å². The lowest BCUT2D eigenvalue weighted by Crippen LogP contribution is -2.27. The summed E-state index contributed by atoms with van der Waals surface area (Å²) in [5.74, 6) is 0.831. The van der Waals surface area contributed by atoms with Crippen LogP contribution in [0.5, 0.6) is 0 Å². The lowest BCUT2D eigenvalue weighted by atomic mass is 9.87. The number of benzene rings is 1. The zero-order valence-corrected chi connectivity index (χ0v) is 13.3. The fourth-order valence-electron chi connectivity index (χ4n) is 2.76. The van der Waals surface area contributed by atoms with Crippen molar-refractivity contribution in [3.63, 3.8) is 0 Å². The highest BCUT2D eigenvalue weighted by Crippen LogP contribution is 2.26. The van der Waals surface area contributed by atoms with E-state index in [0.29, 0.717) is 0 Å². The molecule has 114 valence electrons. The highest BCUT2D eigenvalue weighted by Gasteiger charge is 2.17. The molecule has 0 aliphatic carbocycles. The topological polar surface area (TPSA) is 41.3 Å². The molecule has 1 aliphatic heterocycles. The van der Waals surface area contributed by atoms with Crippen LogP contribution in [0.4, 0.5) is 0 Å². The number of aromatic nitrogens is 1. The van der Waals surface area contributed by atoms with Crippen LogP contribution < -0.4 is 5.32 Å². The van der Waals surface area contributed by atoms with Gasteiger partial charge in [0.05, 0.1) is 6.54 Å². The van der Waals surface area contributed by atoms with E-state index in [1.54, 1.807) is 0 Å². The summed E-state index contributed by atoms with van der Waals surface area (Å²) in [6, 6.07) is 6.36. The minimum atomic E-state index is 0.143. The van der Waals surface area contributed by atoms with Gasteiger partial charge in [0, 0.05) is 13.1 Å². The van der Waals surface area contributed by atoms with Crippen molar-refractivity contribution in [1.82, 2.24) is 15.2 Å². The summed E-state index contributed by atoms with van der Waals surface area (Å²) >= 11 is 0. The van der Waals surface area contributed by atoms with Gasteiger partial charge >= 0.3 is 0 Å². The van der Waals surface area contributed by atoms with Crippen LogP contribution in [0.15, 0.2) is 22.6 Å².